The van der Waals surface area contributed by atoms with E-state index in [1.54, 1.807) is 0 Å². The lowest BCUT2D eigenvalue weighted by atomic mass is 9.63. The number of ether oxygens (including phenoxy) is 1. The molecule has 7 nitrogen and oxygen atoms in total. The van der Waals surface area contributed by atoms with Gasteiger partial charge in [0.2, 0.25) is 5.76 Å². The highest BCUT2D eigenvalue weighted by Gasteiger charge is 2.50. The summed E-state index contributed by atoms with van der Waals surface area (Å²) in [6.07, 6.45) is 3.68. The van der Waals surface area contributed by atoms with E-state index in [0.29, 0.717) is 18.1 Å². The van der Waals surface area contributed by atoms with Crippen LogP contribution in [0.25, 0.3) is 0 Å². The van der Waals surface area contributed by atoms with Gasteiger partial charge in [0.1, 0.15) is 5.60 Å². The normalized spacial score (nSPS) is 25.0. The van der Waals surface area contributed by atoms with Gasteiger partial charge >= 0.3 is 6.09 Å². The SMILES string of the molecule is CC(C)(C)OC(=O)N[C@H]1C[C@H](NC(=O)c2ocnc2C2CC2)C1(C)C. The van der Waals surface area contributed by atoms with Crippen LogP contribution in [-0.4, -0.2) is 34.7 Å². The first-order chi connectivity index (χ1) is 11.6. The molecule has 1 heterocycles. The molecule has 138 valence electrons. The lowest BCUT2D eigenvalue weighted by Gasteiger charge is -2.52. The molecule has 0 radical (unpaired) electrons. The number of carbonyl (C=O) groups is 2. The van der Waals surface area contributed by atoms with E-state index in [9.17, 15) is 9.59 Å². The monoisotopic (exact) mass is 349 g/mol. The van der Waals surface area contributed by atoms with Crippen molar-refractivity contribution in [3.63, 3.8) is 0 Å². The molecule has 2 amide bonds. The highest BCUT2D eigenvalue weighted by Crippen LogP contribution is 2.42. The number of amides is 2. The third-order valence-electron chi connectivity index (χ3n) is 5.03. The Balaban J connectivity index is 1.55. The van der Waals surface area contributed by atoms with Crippen LogP contribution in [0.4, 0.5) is 4.79 Å². The Morgan fingerprint density at radius 3 is 2.44 bits per heavy atom. The maximum atomic E-state index is 12.5. The summed E-state index contributed by atoms with van der Waals surface area (Å²) in [7, 11) is 0. The van der Waals surface area contributed by atoms with Crippen LogP contribution in [0.1, 0.15) is 76.0 Å². The Labute approximate surface area is 147 Å². The number of hydrogen-bond donors (Lipinski definition) is 2. The minimum Gasteiger partial charge on any atom is -0.444 e. The fourth-order valence-electron chi connectivity index (χ4n) is 3.16. The Hall–Kier alpha value is -2.05. The van der Waals surface area contributed by atoms with Crippen molar-refractivity contribution in [2.24, 2.45) is 5.41 Å². The van der Waals surface area contributed by atoms with Crippen molar-refractivity contribution in [1.82, 2.24) is 15.6 Å². The number of carbonyl (C=O) groups excluding carboxylic acids is 2. The van der Waals surface area contributed by atoms with Gasteiger partial charge in [-0.2, -0.15) is 0 Å². The van der Waals surface area contributed by atoms with Gasteiger partial charge in [0.25, 0.3) is 5.91 Å². The number of nitrogens with one attached hydrogen (secondary N) is 2. The van der Waals surface area contributed by atoms with Gasteiger partial charge in [-0.3, -0.25) is 4.79 Å². The van der Waals surface area contributed by atoms with Crippen molar-refractivity contribution in [3.8, 4) is 0 Å². The van der Waals surface area contributed by atoms with Crippen molar-refractivity contribution in [1.29, 1.82) is 0 Å². The number of alkyl carbamates (subject to hydrolysis) is 1. The molecule has 0 aromatic carbocycles. The molecule has 7 heteroatoms. The maximum Gasteiger partial charge on any atom is 0.407 e. The van der Waals surface area contributed by atoms with E-state index in [0.717, 1.165) is 18.5 Å². The Morgan fingerprint density at radius 1 is 1.24 bits per heavy atom. The number of oxazole rings is 1. The van der Waals surface area contributed by atoms with E-state index in [1.807, 2.05) is 34.6 Å². The van der Waals surface area contributed by atoms with Crippen LogP contribution in [0.3, 0.4) is 0 Å². The van der Waals surface area contributed by atoms with Crippen molar-refractivity contribution in [2.75, 3.05) is 0 Å². The standard InChI is InChI=1S/C18H27N3O4/c1-17(2,3)25-16(23)21-12-8-11(18(12,4)5)20-15(22)14-13(10-6-7-10)19-9-24-14/h9-12H,6-8H2,1-5H3,(H,20,22)(H,21,23)/t11-,12-/m0/s1. The van der Waals surface area contributed by atoms with Crippen molar-refractivity contribution >= 4 is 12.0 Å². The Kier molecular flexibility index (Phi) is 4.29. The van der Waals surface area contributed by atoms with E-state index >= 15 is 0 Å². The summed E-state index contributed by atoms with van der Waals surface area (Å²) in [5.74, 6) is 0.450. The summed E-state index contributed by atoms with van der Waals surface area (Å²) in [6.45, 7) is 9.53. The summed E-state index contributed by atoms with van der Waals surface area (Å²) < 4.78 is 10.6. The maximum absolute atomic E-state index is 12.5. The quantitative estimate of drug-likeness (QED) is 0.871. The lowest BCUT2D eigenvalue weighted by Crippen LogP contribution is -2.66. The second kappa shape index (κ2) is 6.04. The van der Waals surface area contributed by atoms with E-state index in [-0.39, 0.29) is 23.4 Å². The molecule has 0 spiro atoms. The van der Waals surface area contributed by atoms with Gasteiger partial charge in [-0.1, -0.05) is 13.8 Å². The first kappa shape index (κ1) is 17.8. The number of nitrogens with zero attached hydrogens (tertiary/aromatic N) is 1. The van der Waals surface area contributed by atoms with E-state index < -0.39 is 11.7 Å². The van der Waals surface area contributed by atoms with E-state index in [4.69, 9.17) is 9.15 Å². The van der Waals surface area contributed by atoms with Gasteiger partial charge in [0, 0.05) is 23.4 Å². The van der Waals surface area contributed by atoms with Gasteiger partial charge in [0.15, 0.2) is 6.39 Å². The fourth-order valence-corrected chi connectivity index (χ4v) is 3.16. The van der Waals surface area contributed by atoms with Gasteiger partial charge < -0.3 is 19.8 Å². The predicted octanol–water partition coefficient (Wildman–Crippen LogP) is 2.97. The molecule has 2 N–H and O–H groups in total. The van der Waals surface area contributed by atoms with Crippen LogP contribution in [0.5, 0.6) is 0 Å². The van der Waals surface area contributed by atoms with Gasteiger partial charge in [-0.05, 0) is 40.0 Å². The van der Waals surface area contributed by atoms with Crippen LogP contribution >= 0.6 is 0 Å². The predicted molar refractivity (Wildman–Crippen MR) is 91.3 cm³/mol. The van der Waals surface area contributed by atoms with Gasteiger partial charge in [-0.15, -0.1) is 0 Å². The number of aromatic nitrogens is 1. The Morgan fingerprint density at radius 2 is 1.88 bits per heavy atom. The molecule has 0 aliphatic heterocycles. The van der Waals surface area contributed by atoms with E-state index in [1.165, 1.54) is 6.39 Å². The second-order valence-electron chi connectivity index (χ2n) is 8.62. The molecular formula is C18H27N3O4. The molecule has 1 aromatic heterocycles. The zero-order chi connectivity index (χ0) is 18.4. The molecular weight excluding hydrogens is 322 g/mol. The largest absolute Gasteiger partial charge is 0.444 e. The topological polar surface area (TPSA) is 93.5 Å². The minimum absolute atomic E-state index is 0.0444. The van der Waals surface area contributed by atoms with Crippen LogP contribution < -0.4 is 10.6 Å². The lowest BCUT2D eigenvalue weighted by molar-refractivity contribution is 0.0166. The molecule has 0 bridgehead atoms. The van der Waals surface area contributed by atoms with Crippen LogP contribution in [0, 0.1) is 5.41 Å². The second-order valence-corrected chi connectivity index (χ2v) is 8.62. The van der Waals surface area contributed by atoms with Crippen molar-refractivity contribution in [3.05, 3.63) is 17.8 Å². The molecule has 0 unspecified atom stereocenters. The summed E-state index contributed by atoms with van der Waals surface area (Å²) in [4.78, 5) is 28.6. The third kappa shape index (κ3) is 3.80. The minimum atomic E-state index is -0.531. The zero-order valence-electron chi connectivity index (χ0n) is 15.5. The molecule has 3 rings (SSSR count). The molecule has 25 heavy (non-hydrogen) atoms. The summed E-state index contributed by atoms with van der Waals surface area (Å²) in [5.41, 5.74) is -0.0401. The van der Waals surface area contributed by atoms with Gasteiger partial charge in [0.05, 0.1) is 5.69 Å². The van der Waals surface area contributed by atoms with E-state index in [2.05, 4.69) is 15.6 Å². The molecule has 1 aromatic rings. The molecule has 2 atom stereocenters. The summed E-state index contributed by atoms with van der Waals surface area (Å²) in [6, 6.07) is -0.0950. The first-order valence-electron chi connectivity index (χ1n) is 8.81. The molecule has 2 aliphatic carbocycles. The average molecular weight is 349 g/mol. The smallest absolute Gasteiger partial charge is 0.407 e. The number of rotatable bonds is 4. The van der Waals surface area contributed by atoms with Gasteiger partial charge in [-0.25, -0.2) is 9.78 Å². The highest BCUT2D eigenvalue weighted by atomic mass is 16.6. The average Bonchev–Trinajstić information content (AvgIpc) is 3.21. The first-order valence-corrected chi connectivity index (χ1v) is 8.81. The summed E-state index contributed by atoms with van der Waals surface area (Å²) >= 11 is 0. The molecule has 2 aliphatic rings. The van der Waals surface area contributed by atoms with Crippen LogP contribution in [0.15, 0.2) is 10.8 Å². The zero-order valence-corrected chi connectivity index (χ0v) is 15.5. The third-order valence-corrected chi connectivity index (χ3v) is 5.03. The van der Waals surface area contributed by atoms with Crippen LogP contribution in [0.2, 0.25) is 0 Å². The summed E-state index contributed by atoms with van der Waals surface area (Å²) in [5, 5.41) is 5.91. The molecule has 0 saturated heterocycles. The Bertz CT molecular complexity index is 670. The molecule has 2 saturated carbocycles. The fraction of sp³-hybridized carbons (Fsp3) is 0.722. The number of hydrogen-bond acceptors (Lipinski definition) is 5. The highest BCUT2D eigenvalue weighted by molar-refractivity contribution is 5.93. The van der Waals surface area contributed by atoms with Crippen LogP contribution in [-0.2, 0) is 4.74 Å². The van der Waals surface area contributed by atoms with Crippen molar-refractivity contribution in [2.45, 2.75) is 77.5 Å². The van der Waals surface area contributed by atoms with Crippen molar-refractivity contribution < 1.29 is 18.7 Å². The molecule has 2 fully saturated rings.